The van der Waals surface area contributed by atoms with Gasteiger partial charge in [-0.05, 0) is 18.2 Å². The highest BCUT2D eigenvalue weighted by Crippen LogP contribution is 2.30. The number of thioether (sulfide) groups is 1. The van der Waals surface area contributed by atoms with E-state index in [1.165, 1.54) is 4.90 Å². The minimum atomic E-state index is 0.573. The van der Waals surface area contributed by atoms with E-state index in [0.29, 0.717) is 10.8 Å². The Labute approximate surface area is 95.2 Å². The fourth-order valence-electron chi connectivity index (χ4n) is 1.15. The predicted octanol–water partition coefficient (Wildman–Crippen LogP) is 2.75. The van der Waals surface area contributed by atoms with Gasteiger partial charge in [-0.1, -0.05) is 15.9 Å². The number of hydrogen-bond donors (Lipinski definition) is 0. The number of benzene rings is 1. The van der Waals surface area contributed by atoms with Crippen molar-refractivity contribution < 1.29 is 9.53 Å². The van der Waals surface area contributed by atoms with E-state index in [9.17, 15) is 4.79 Å². The summed E-state index contributed by atoms with van der Waals surface area (Å²) in [5.41, 5.74) is 0.694. The maximum atomic E-state index is 10.6. The zero-order chi connectivity index (χ0) is 9.97. The zero-order valence-electron chi connectivity index (χ0n) is 7.40. The summed E-state index contributed by atoms with van der Waals surface area (Å²) in [5.74, 6) is 0. The lowest BCUT2D eigenvalue weighted by Crippen LogP contribution is -2.29. The fourth-order valence-corrected chi connectivity index (χ4v) is 2.82. The van der Waals surface area contributed by atoms with E-state index in [0.717, 1.165) is 24.0 Å². The van der Waals surface area contributed by atoms with Crippen LogP contribution in [-0.4, -0.2) is 24.7 Å². The first kappa shape index (κ1) is 10.2. The molecular formula is C10H9BrO2S. The topological polar surface area (TPSA) is 26.3 Å². The van der Waals surface area contributed by atoms with E-state index >= 15 is 0 Å². The first-order valence-corrected chi connectivity index (χ1v) is 5.96. The standard InChI is InChI=1S/C10H9BrO2S/c11-10-3-8(2-1-7(10)4-12)14-9-5-13-6-9/h1-4,9H,5-6H2. The Morgan fingerprint density at radius 2 is 2.29 bits per heavy atom. The molecular weight excluding hydrogens is 264 g/mol. The number of carbonyl (C=O) groups excluding carboxylic acids is 1. The average molecular weight is 273 g/mol. The largest absolute Gasteiger partial charge is 0.379 e. The molecule has 14 heavy (non-hydrogen) atoms. The van der Waals surface area contributed by atoms with E-state index in [-0.39, 0.29) is 0 Å². The summed E-state index contributed by atoms with van der Waals surface area (Å²) in [5, 5.41) is 0.573. The van der Waals surface area contributed by atoms with Crippen molar-refractivity contribution in [3.05, 3.63) is 28.2 Å². The summed E-state index contributed by atoms with van der Waals surface area (Å²) in [6.45, 7) is 1.66. The van der Waals surface area contributed by atoms with Gasteiger partial charge in [0.1, 0.15) is 0 Å². The number of carbonyl (C=O) groups is 1. The summed E-state index contributed by atoms with van der Waals surface area (Å²) in [7, 11) is 0. The lowest BCUT2D eigenvalue weighted by Gasteiger charge is -2.25. The van der Waals surface area contributed by atoms with Crippen molar-refractivity contribution in [1.82, 2.24) is 0 Å². The van der Waals surface area contributed by atoms with Gasteiger partial charge >= 0.3 is 0 Å². The first-order valence-electron chi connectivity index (χ1n) is 4.29. The van der Waals surface area contributed by atoms with Crippen molar-refractivity contribution in [1.29, 1.82) is 0 Å². The van der Waals surface area contributed by atoms with Crippen LogP contribution in [0.3, 0.4) is 0 Å². The molecule has 0 saturated carbocycles. The van der Waals surface area contributed by atoms with Crippen LogP contribution in [0.25, 0.3) is 0 Å². The fraction of sp³-hybridized carbons (Fsp3) is 0.300. The molecule has 0 radical (unpaired) electrons. The Morgan fingerprint density at radius 3 is 2.79 bits per heavy atom. The van der Waals surface area contributed by atoms with E-state index in [4.69, 9.17) is 4.74 Å². The monoisotopic (exact) mass is 272 g/mol. The van der Waals surface area contributed by atoms with Crippen molar-refractivity contribution >= 4 is 34.0 Å². The second-order valence-electron chi connectivity index (χ2n) is 3.08. The van der Waals surface area contributed by atoms with Crippen LogP contribution in [0.5, 0.6) is 0 Å². The minimum Gasteiger partial charge on any atom is -0.379 e. The first-order chi connectivity index (χ1) is 6.79. The van der Waals surface area contributed by atoms with E-state index in [1.807, 2.05) is 18.2 Å². The Kier molecular flexibility index (Phi) is 3.26. The van der Waals surface area contributed by atoms with Gasteiger partial charge in [0.25, 0.3) is 0 Å². The van der Waals surface area contributed by atoms with Gasteiger partial charge in [0.05, 0.1) is 18.5 Å². The molecule has 0 unspecified atom stereocenters. The number of rotatable bonds is 3. The molecule has 0 aliphatic carbocycles. The van der Waals surface area contributed by atoms with Gasteiger partial charge in [-0.3, -0.25) is 4.79 Å². The van der Waals surface area contributed by atoms with Crippen LogP contribution in [0.1, 0.15) is 10.4 Å². The molecule has 2 nitrogen and oxygen atoms in total. The van der Waals surface area contributed by atoms with Crippen LogP contribution >= 0.6 is 27.7 Å². The van der Waals surface area contributed by atoms with Gasteiger partial charge in [0.2, 0.25) is 0 Å². The summed E-state index contributed by atoms with van der Waals surface area (Å²) < 4.78 is 5.95. The van der Waals surface area contributed by atoms with Gasteiger partial charge in [-0.25, -0.2) is 0 Å². The molecule has 2 rings (SSSR count). The Morgan fingerprint density at radius 1 is 1.50 bits per heavy atom. The molecule has 1 aliphatic heterocycles. The SMILES string of the molecule is O=Cc1ccc(SC2COC2)cc1Br. The third-order valence-electron chi connectivity index (χ3n) is 2.01. The highest BCUT2D eigenvalue weighted by atomic mass is 79.9. The molecule has 0 aromatic heterocycles. The lowest BCUT2D eigenvalue weighted by molar-refractivity contribution is 0.0455. The van der Waals surface area contributed by atoms with Crippen LogP contribution in [-0.2, 0) is 4.74 Å². The molecule has 0 bridgehead atoms. The Hall–Kier alpha value is -0.320. The molecule has 0 spiro atoms. The van der Waals surface area contributed by atoms with Gasteiger partial charge in [-0.2, -0.15) is 0 Å². The summed E-state index contributed by atoms with van der Waals surface area (Å²) in [6, 6.07) is 5.78. The van der Waals surface area contributed by atoms with Gasteiger partial charge in [0.15, 0.2) is 6.29 Å². The molecule has 1 heterocycles. The molecule has 1 fully saturated rings. The van der Waals surface area contributed by atoms with Crippen molar-refractivity contribution in [2.24, 2.45) is 0 Å². The van der Waals surface area contributed by atoms with E-state index in [1.54, 1.807) is 11.8 Å². The molecule has 0 amide bonds. The maximum absolute atomic E-state index is 10.6. The van der Waals surface area contributed by atoms with Crippen molar-refractivity contribution in [2.45, 2.75) is 10.1 Å². The number of halogens is 1. The molecule has 1 aromatic rings. The second-order valence-corrected chi connectivity index (χ2v) is 5.31. The Bertz CT molecular complexity index is 350. The number of hydrogen-bond acceptors (Lipinski definition) is 3. The van der Waals surface area contributed by atoms with Crippen molar-refractivity contribution in [3.63, 3.8) is 0 Å². The highest BCUT2D eigenvalue weighted by molar-refractivity contribution is 9.10. The molecule has 0 N–H and O–H groups in total. The smallest absolute Gasteiger partial charge is 0.151 e. The second kappa shape index (κ2) is 4.47. The minimum absolute atomic E-state index is 0.573. The number of aldehydes is 1. The van der Waals surface area contributed by atoms with E-state index < -0.39 is 0 Å². The van der Waals surface area contributed by atoms with Crippen LogP contribution < -0.4 is 0 Å². The normalized spacial score (nSPS) is 16.4. The molecule has 1 saturated heterocycles. The predicted molar refractivity (Wildman–Crippen MR) is 60.0 cm³/mol. The van der Waals surface area contributed by atoms with Gasteiger partial charge in [-0.15, -0.1) is 11.8 Å². The van der Waals surface area contributed by atoms with Crippen LogP contribution in [0, 0.1) is 0 Å². The van der Waals surface area contributed by atoms with Crippen LogP contribution in [0.15, 0.2) is 27.6 Å². The van der Waals surface area contributed by atoms with Crippen LogP contribution in [0.4, 0.5) is 0 Å². The molecule has 4 heteroatoms. The molecule has 74 valence electrons. The average Bonchev–Trinajstić information content (AvgIpc) is 2.12. The highest BCUT2D eigenvalue weighted by Gasteiger charge is 2.19. The molecule has 1 aromatic carbocycles. The van der Waals surface area contributed by atoms with Crippen molar-refractivity contribution in [2.75, 3.05) is 13.2 Å². The summed E-state index contributed by atoms with van der Waals surface area (Å²) >= 11 is 5.15. The number of ether oxygens (including phenoxy) is 1. The maximum Gasteiger partial charge on any atom is 0.151 e. The summed E-state index contributed by atoms with van der Waals surface area (Å²) in [6.07, 6.45) is 0.852. The Balaban J connectivity index is 2.10. The summed E-state index contributed by atoms with van der Waals surface area (Å²) in [4.78, 5) is 11.7. The van der Waals surface area contributed by atoms with Crippen LogP contribution in [0.2, 0.25) is 0 Å². The van der Waals surface area contributed by atoms with Gasteiger partial charge in [0, 0.05) is 14.9 Å². The van der Waals surface area contributed by atoms with Crippen molar-refractivity contribution in [3.8, 4) is 0 Å². The molecule has 1 aliphatic rings. The lowest BCUT2D eigenvalue weighted by atomic mass is 10.2. The third kappa shape index (κ3) is 2.19. The third-order valence-corrected chi connectivity index (χ3v) is 3.83. The van der Waals surface area contributed by atoms with E-state index in [2.05, 4.69) is 15.9 Å². The molecule has 0 atom stereocenters. The zero-order valence-corrected chi connectivity index (χ0v) is 9.81. The quantitative estimate of drug-likeness (QED) is 0.792. The van der Waals surface area contributed by atoms with Gasteiger partial charge < -0.3 is 4.74 Å².